The van der Waals surface area contributed by atoms with Crippen LogP contribution in [0, 0.1) is 28.6 Å². The molecule has 0 radical (unpaired) electrons. The molecule has 0 spiro atoms. The van der Waals surface area contributed by atoms with Crippen molar-refractivity contribution in [3.8, 4) is 0 Å². The first-order valence-electron chi connectivity index (χ1n) is 8.60. The van der Waals surface area contributed by atoms with Gasteiger partial charge in [0.2, 0.25) is 0 Å². The van der Waals surface area contributed by atoms with E-state index >= 15 is 0 Å². The van der Waals surface area contributed by atoms with Gasteiger partial charge in [-0.25, -0.2) is 0 Å². The van der Waals surface area contributed by atoms with Crippen LogP contribution in [0.5, 0.6) is 0 Å². The molecule has 110 valence electrons. The number of rotatable bonds is 2. The van der Waals surface area contributed by atoms with Gasteiger partial charge in [-0.05, 0) is 60.7 Å². The highest BCUT2D eigenvalue weighted by Crippen LogP contribution is 2.65. The lowest BCUT2D eigenvalue weighted by Gasteiger charge is -2.43. The maximum atomic E-state index is 4.13. The summed E-state index contributed by atoms with van der Waals surface area (Å²) < 4.78 is 0. The molecule has 0 aromatic heterocycles. The zero-order chi connectivity index (χ0) is 13.8. The Balaban J connectivity index is 1.71. The van der Waals surface area contributed by atoms with Gasteiger partial charge in [0.15, 0.2) is 0 Å². The van der Waals surface area contributed by atoms with Crippen LogP contribution in [-0.2, 0) is 0 Å². The number of fused-ring (bicyclic) bond motifs is 2. The smallest absolute Gasteiger partial charge is 0.0132 e. The highest BCUT2D eigenvalue weighted by atomic mass is 15.0. The predicted molar refractivity (Wildman–Crippen MR) is 82.1 cm³/mol. The van der Waals surface area contributed by atoms with E-state index in [0.29, 0.717) is 10.8 Å². The van der Waals surface area contributed by atoms with E-state index in [1.54, 1.807) is 0 Å². The highest BCUT2D eigenvalue weighted by Gasteiger charge is 2.61. The van der Waals surface area contributed by atoms with Gasteiger partial charge in [-0.1, -0.05) is 41.0 Å². The molecule has 3 aliphatic carbocycles. The summed E-state index contributed by atoms with van der Waals surface area (Å²) in [6.07, 6.45) is 8.61. The summed E-state index contributed by atoms with van der Waals surface area (Å²) >= 11 is 0. The second-order valence-corrected chi connectivity index (χ2v) is 8.83. The minimum atomic E-state index is 0.540. The van der Waals surface area contributed by atoms with E-state index in [1.165, 1.54) is 38.5 Å². The van der Waals surface area contributed by atoms with Crippen LogP contribution in [0.25, 0.3) is 0 Å². The molecule has 0 amide bonds. The molecule has 0 aromatic carbocycles. The van der Waals surface area contributed by atoms with Gasteiger partial charge in [0.1, 0.15) is 0 Å². The zero-order valence-corrected chi connectivity index (χ0v) is 13.6. The maximum absolute atomic E-state index is 4.13. The van der Waals surface area contributed by atoms with Gasteiger partial charge in [-0.2, -0.15) is 0 Å². The summed E-state index contributed by atoms with van der Waals surface area (Å²) in [6.45, 7) is 12.5. The van der Waals surface area contributed by atoms with E-state index in [1.807, 2.05) is 0 Å². The summed E-state index contributed by atoms with van der Waals surface area (Å²) in [5.41, 5.74) is 1.09. The topological polar surface area (TPSA) is 12.0 Å². The Bertz CT molecular complexity index is 348. The predicted octanol–water partition coefficient (Wildman–Crippen LogP) is 4.62. The number of hydrogen-bond acceptors (Lipinski definition) is 1. The van der Waals surface area contributed by atoms with Crippen LogP contribution >= 0.6 is 0 Å². The SMILES string of the molecule is CC1CCC(C)C(NC2CC3CCC2(C)C3(C)C)C1. The molecule has 0 saturated heterocycles. The maximum Gasteiger partial charge on any atom is 0.0132 e. The molecule has 3 fully saturated rings. The van der Waals surface area contributed by atoms with Gasteiger partial charge in [-0.15, -0.1) is 0 Å². The third-order valence-corrected chi connectivity index (χ3v) is 7.67. The minimum Gasteiger partial charge on any atom is -0.310 e. The number of nitrogens with one attached hydrogen (secondary N) is 1. The molecule has 3 rings (SSSR count). The van der Waals surface area contributed by atoms with E-state index in [9.17, 15) is 0 Å². The van der Waals surface area contributed by atoms with Crippen LogP contribution < -0.4 is 5.32 Å². The fourth-order valence-electron chi connectivity index (χ4n) is 5.48. The lowest BCUT2D eigenvalue weighted by Crippen LogP contribution is -2.51. The molecular weight excluding hydrogens is 230 g/mol. The van der Waals surface area contributed by atoms with Gasteiger partial charge in [0.05, 0.1) is 0 Å². The van der Waals surface area contributed by atoms with E-state index < -0.39 is 0 Å². The zero-order valence-electron chi connectivity index (χ0n) is 13.6. The second-order valence-electron chi connectivity index (χ2n) is 8.83. The van der Waals surface area contributed by atoms with Crippen molar-refractivity contribution in [2.75, 3.05) is 0 Å². The molecule has 1 N–H and O–H groups in total. The summed E-state index contributed by atoms with van der Waals surface area (Å²) in [6, 6.07) is 1.56. The highest BCUT2D eigenvalue weighted by molar-refractivity contribution is 5.13. The lowest BCUT2D eigenvalue weighted by molar-refractivity contribution is 0.0990. The van der Waals surface area contributed by atoms with Gasteiger partial charge in [0.25, 0.3) is 0 Å². The largest absolute Gasteiger partial charge is 0.310 e. The average molecular weight is 263 g/mol. The summed E-state index contributed by atoms with van der Waals surface area (Å²) in [5, 5.41) is 4.13. The van der Waals surface area contributed by atoms with Crippen molar-refractivity contribution < 1.29 is 0 Å². The Labute approximate surface area is 119 Å². The normalized spacial score (nSPS) is 52.6. The van der Waals surface area contributed by atoms with E-state index in [0.717, 1.165) is 29.8 Å². The van der Waals surface area contributed by atoms with Crippen molar-refractivity contribution >= 4 is 0 Å². The second kappa shape index (κ2) is 4.48. The molecule has 3 aliphatic rings. The monoisotopic (exact) mass is 263 g/mol. The van der Waals surface area contributed by atoms with Crippen LogP contribution in [0.4, 0.5) is 0 Å². The average Bonchev–Trinajstić information content (AvgIpc) is 2.67. The van der Waals surface area contributed by atoms with Crippen LogP contribution in [-0.4, -0.2) is 12.1 Å². The van der Waals surface area contributed by atoms with Crippen LogP contribution in [0.3, 0.4) is 0 Å². The van der Waals surface area contributed by atoms with Crippen molar-refractivity contribution in [1.29, 1.82) is 0 Å². The Morgan fingerprint density at radius 3 is 2.26 bits per heavy atom. The molecule has 0 aromatic rings. The summed E-state index contributed by atoms with van der Waals surface area (Å²) in [7, 11) is 0. The fourth-order valence-corrected chi connectivity index (χ4v) is 5.48. The lowest BCUT2D eigenvalue weighted by atomic mass is 9.68. The summed E-state index contributed by atoms with van der Waals surface area (Å²) in [4.78, 5) is 0. The third kappa shape index (κ3) is 1.99. The molecule has 1 nitrogen and oxygen atoms in total. The van der Waals surface area contributed by atoms with Crippen molar-refractivity contribution in [1.82, 2.24) is 5.32 Å². The van der Waals surface area contributed by atoms with Gasteiger partial charge in [-0.3, -0.25) is 0 Å². The van der Waals surface area contributed by atoms with Crippen LogP contribution in [0.15, 0.2) is 0 Å². The molecule has 6 unspecified atom stereocenters. The van der Waals surface area contributed by atoms with Crippen molar-refractivity contribution in [3.05, 3.63) is 0 Å². The molecular formula is C18H33N. The van der Waals surface area contributed by atoms with Gasteiger partial charge < -0.3 is 5.32 Å². The Kier molecular flexibility index (Phi) is 3.28. The van der Waals surface area contributed by atoms with Crippen molar-refractivity contribution in [3.63, 3.8) is 0 Å². The quantitative estimate of drug-likeness (QED) is 0.767. The Morgan fingerprint density at radius 1 is 0.947 bits per heavy atom. The first-order valence-corrected chi connectivity index (χ1v) is 8.60. The number of hydrogen-bond donors (Lipinski definition) is 1. The Hall–Kier alpha value is -0.0400. The molecule has 0 aliphatic heterocycles. The minimum absolute atomic E-state index is 0.540. The van der Waals surface area contributed by atoms with Crippen LogP contribution in [0.1, 0.15) is 73.1 Å². The molecule has 2 bridgehead atoms. The van der Waals surface area contributed by atoms with Crippen molar-refractivity contribution in [2.45, 2.75) is 85.2 Å². The summed E-state index contributed by atoms with van der Waals surface area (Å²) in [5.74, 6) is 2.77. The van der Waals surface area contributed by atoms with Gasteiger partial charge >= 0.3 is 0 Å². The first kappa shape index (κ1) is 13.9. The standard InChI is InChI=1S/C18H33N/c1-12-6-7-13(2)15(10-12)19-16-11-14-8-9-18(16,5)17(14,3)4/h12-16,19H,6-11H2,1-5H3. The third-order valence-electron chi connectivity index (χ3n) is 7.67. The first-order chi connectivity index (χ1) is 8.84. The molecule has 6 atom stereocenters. The fraction of sp³-hybridized carbons (Fsp3) is 1.00. The Morgan fingerprint density at radius 2 is 1.68 bits per heavy atom. The van der Waals surface area contributed by atoms with E-state index in [-0.39, 0.29) is 0 Å². The van der Waals surface area contributed by atoms with Gasteiger partial charge in [0, 0.05) is 12.1 Å². The molecule has 19 heavy (non-hydrogen) atoms. The van der Waals surface area contributed by atoms with Crippen molar-refractivity contribution in [2.24, 2.45) is 28.6 Å². The van der Waals surface area contributed by atoms with E-state index in [2.05, 4.69) is 39.9 Å². The molecule has 0 heterocycles. The molecule has 1 heteroatoms. The molecule has 3 saturated carbocycles. The van der Waals surface area contributed by atoms with Crippen LogP contribution in [0.2, 0.25) is 0 Å². The van der Waals surface area contributed by atoms with E-state index in [4.69, 9.17) is 0 Å².